The van der Waals surface area contributed by atoms with Crippen LogP contribution in [0.1, 0.15) is 32.3 Å². The molecule has 0 radical (unpaired) electrons. The molecule has 5 nitrogen and oxygen atoms in total. The Balaban J connectivity index is 1.72. The third-order valence-corrected chi connectivity index (χ3v) is 3.69. The summed E-state index contributed by atoms with van der Waals surface area (Å²) < 4.78 is 0. The Kier molecular flexibility index (Phi) is 5.81. The van der Waals surface area contributed by atoms with Crippen molar-refractivity contribution in [3.05, 3.63) is 29.8 Å². The maximum Gasteiger partial charge on any atom is 0.227 e. The number of nitrogens with one attached hydrogen (secondary N) is 1. The highest BCUT2D eigenvalue weighted by atomic mass is 16.2. The average Bonchev–Trinajstić information content (AvgIpc) is 2.93. The number of guanidine groups is 1. The second-order valence-electron chi connectivity index (χ2n) is 6.07. The summed E-state index contributed by atoms with van der Waals surface area (Å²) in [4.78, 5) is 18.4. The van der Waals surface area contributed by atoms with Crippen molar-refractivity contribution in [2.75, 3.05) is 24.5 Å². The first-order chi connectivity index (χ1) is 10.6. The van der Waals surface area contributed by atoms with Crippen LogP contribution in [0.3, 0.4) is 0 Å². The van der Waals surface area contributed by atoms with E-state index in [1.165, 1.54) is 5.56 Å². The van der Waals surface area contributed by atoms with Crippen molar-refractivity contribution in [1.29, 1.82) is 0 Å². The standard InChI is InChI=1S/C17H26N4O/c1-13(2)12-20-17(18)19-10-5-8-16(22)21-11-9-14-6-3-4-7-15(14)21/h3-4,6-7,13H,5,8-12H2,1-2H3,(H3,18,19,20). The number of hydrogen-bond acceptors (Lipinski definition) is 2. The van der Waals surface area contributed by atoms with E-state index in [2.05, 4.69) is 30.2 Å². The van der Waals surface area contributed by atoms with Crippen molar-refractivity contribution in [2.24, 2.45) is 16.6 Å². The molecule has 0 fully saturated rings. The van der Waals surface area contributed by atoms with Gasteiger partial charge in [-0.1, -0.05) is 32.0 Å². The van der Waals surface area contributed by atoms with E-state index in [0.29, 0.717) is 24.8 Å². The quantitative estimate of drug-likeness (QED) is 0.479. The number of nitrogens with zero attached hydrogens (tertiary/aromatic N) is 2. The molecule has 0 bridgehead atoms. The Morgan fingerprint density at radius 2 is 2.18 bits per heavy atom. The number of hydrogen-bond donors (Lipinski definition) is 2. The third-order valence-electron chi connectivity index (χ3n) is 3.69. The predicted octanol–water partition coefficient (Wildman–Crippen LogP) is 1.92. The monoisotopic (exact) mass is 302 g/mol. The fraction of sp³-hybridized carbons (Fsp3) is 0.529. The van der Waals surface area contributed by atoms with Crippen LogP contribution in [0.15, 0.2) is 29.3 Å². The fourth-order valence-corrected chi connectivity index (χ4v) is 2.53. The molecule has 1 heterocycles. The molecule has 0 aliphatic carbocycles. The maximum absolute atomic E-state index is 12.3. The van der Waals surface area contributed by atoms with E-state index in [9.17, 15) is 4.79 Å². The number of aliphatic imine (C=N–C) groups is 1. The van der Waals surface area contributed by atoms with Crippen LogP contribution in [0.5, 0.6) is 0 Å². The van der Waals surface area contributed by atoms with Gasteiger partial charge < -0.3 is 16.0 Å². The van der Waals surface area contributed by atoms with E-state index >= 15 is 0 Å². The minimum atomic E-state index is 0.185. The second-order valence-corrected chi connectivity index (χ2v) is 6.07. The van der Waals surface area contributed by atoms with E-state index in [-0.39, 0.29) is 5.91 Å². The lowest BCUT2D eigenvalue weighted by Crippen LogP contribution is -2.34. The van der Waals surface area contributed by atoms with Crippen LogP contribution in [-0.4, -0.2) is 31.5 Å². The highest BCUT2D eigenvalue weighted by Gasteiger charge is 2.23. The number of para-hydroxylation sites is 1. The summed E-state index contributed by atoms with van der Waals surface area (Å²) in [6, 6.07) is 8.12. The number of carbonyl (C=O) groups is 1. The summed E-state index contributed by atoms with van der Waals surface area (Å²) in [7, 11) is 0. The van der Waals surface area contributed by atoms with Crippen molar-refractivity contribution in [3.63, 3.8) is 0 Å². The normalized spacial score (nSPS) is 14.3. The molecular weight excluding hydrogens is 276 g/mol. The van der Waals surface area contributed by atoms with Crippen LogP contribution < -0.4 is 16.0 Å². The zero-order valence-electron chi connectivity index (χ0n) is 13.5. The van der Waals surface area contributed by atoms with E-state index in [1.807, 2.05) is 23.1 Å². The van der Waals surface area contributed by atoms with Crippen molar-refractivity contribution < 1.29 is 4.79 Å². The highest BCUT2D eigenvalue weighted by molar-refractivity contribution is 5.95. The van der Waals surface area contributed by atoms with Crippen molar-refractivity contribution in [1.82, 2.24) is 5.32 Å². The Morgan fingerprint density at radius 3 is 2.95 bits per heavy atom. The molecule has 0 aromatic heterocycles. The molecule has 0 spiro atoms. The van der Waals surface area contributed by atoms with Crippen LogP contribution in [-0.2, 0) is 11.2 Å². The number of anilines is 1. The molecule has 2 rings (SSSR count). The number of carbonyl (C=O) groups excluding carboxylic acids is 1. The maximum atomic E-state index is 12.3. The van der Waals surface area contributed by atoms with Gasteiger partial charge in [0.2, 0.25) is 5.91 Å². The molecule has 0 saturated heterocycles. The van der Waals surface area contributed by atoms with Crippen LogP contribution >= 0.6 is 0 Å². The zero-order valence-corrected chi connectivity index (χ0v) is 13.5. The van der Waals surface area contributed by atoms with Crippen molar-refractivity contribution >= 4 is 17.6 Å². The fourth-order valence-electron chi connectivity index (χ4n) is 2.53. The Morgan fingerprint density at radius 1 is 1.41 bits per heavy atom. The minimum Gasteiger partial charge on any atom is -0.370 e. The molecule has 120 valence electrons. The summed E-state index contributed by atoms with van der Waals surface area (Å²) in [6.07, 6.45) is 2.24. The molecule has 3 N–H and O–H groups in total. The van der Waals surface area contributed by atoms with Crippen LogP contribution in [0.4, 0.5) is 5.69 Å². The molecule has 0 unspecified atom stereocenters. The predicted molar refractivity (Wildman–Crippen MR) is 91.1 cm³/mol. The third kappa shape index (κ3) is 4.48. The van der Waals surface area contributed by atoms with E-state index < -0.39 is 0 Å². The molecule has 22 heavy (non-hydrogen) atoms. The lowest BCUT2D eigenvalue weighted by molar-refractivity contribution is -0.118. The summed E-state index contributed by atoms with van der Waals surface area (Å²) >= 11 is 0. The number of nitrogens with two attached hydrogens (primary N) is 1. The van der Waals surface area contributed by atoms with Gasteiger partial charge >= 0.3 is 0 Å². The van der Waals surface area contributed by atoms with Crippen LogP contribution in [0.25, 0.3) is 0 Å². The first-order valence-electron chi connectivity index (χ1n) is 8.00. The lowest BCUT2D eigenvalue weighted by atomic mass is 10.2. The highest BCUT2D eigenvalue weighted by Crippen LogP contribution is 2.27. The summed E-state index contributed by atoms with van der Waals surface area (Å²) in [5.74, 6) is 1.15. The van der Waals surface area contributed by atoms with Gasteiger partial charge in [0.15, 0.2) is 5.96 Å². The van der Waals surface area contributed by atoms with Gasteiger partial charge in [-0.25, -0.2) is 0 Å². The molecule has 1 aromatic carbocycles. The molecule has 1 aromatic rings. The van der Waals surface area contributed by atoms with Crippen LogP contribution in [0.2, 0.25) is 0 Å². The minimum absolute atomic E-state index is 0.185. The largest absolute Gasteiger partial charge is 0.370 e. The summed E-state index contributed by atoms with van der Waals surface area (Å²) in [5, 5.41) is 3.06. The van der Waals surface area contributed by atoms with Gasteiger partial charge in [-0.05, 0) is 30.4 Å². The van der Waals surface area contributed by atoms with E-state index in [4.69, 9.17) is 5.73 Å². The molecular formula is C17H26N4O. The molecule has 0 saturated carbocycles. The van der Waals surface area contributed by atoms with Gasteiger partial charge in [0.25, 0.3) is 0 Å². The molecule has 0 atom stereocenters. The number of benzene rings is 1. The smallest absolute Gasteiger partial charge is 0.227 e. The first kappa shape index (κ1) is 16.3. The summed E-state index contributed by atoms with van der Waals surface area (Å²) in [5.41, 5.74) is 8.10. The van der Waals surface area contributed by atoms with Gasteiger partial charge in [0.1, 0.15) is 0 Å². The topological polar surface area (TPSA) is 70.7 Å². The lowest BCUT2D eigenvalue weighted by Gasteiger charge is -2.17. The molecule has 5 heteroatoms. The number of amides is 1. The number of fused-ring (bicyclic) bond motifs is 1. The van der Waals surface area contributed by atoms with Gasteiger partial charge in [-0.2, -0.15) is 0 Å². The van der Waals surface area contributed by atoms with Gasteiger partial charge in [0.05, 0.1) is 0 Å². The Bertz CT molecular complexity index is 539. The molecule has 1 amide bonds. The average molecular weight is 302 g/mol. The van der Waals surface area contributed by atoms with Gasteiger partial charge in [-0.15, -0.1) is 0 Å². The van der Waals surface area contributed by atoms with Crippen molar-refractivity contribution in [3.8, 4) is 0 Å². The van der Waals surface area contributed by atoms with Crippen LogP contribution in [0, 0.1) is 5.92 Å². The van der Waals surface area contributed by atoms with Gasteiger partial charge in [-0.3, -0.25) is 9.79 Å². The first-order valence-corrected chi connectivity index (χ1v) is 8.00. The molecule has 1 aliphatic heterocycles. The van der Waals surface area contributed by atoms with E-state index in [1.54, 1.807) is 0 Å². The van der Waals surface area contributed by atoms with Gasteiger partial charge in [0, 0.05) is 31.7 Å². The number of rotatable bonds is 6. The second kappa shape index (κ2) is 7.82. The summed E-state index contributed by atoms with van der Waals surface area (Å²) in [6.45, 7) is 6.40. The molecule has 1 aliphatic rings. The Hall–Kier alpha value is -2.04. The Labute approximate surface area is 132 Å². The van der Waals surface area contributed by atoms with Crippen molar-refractivity contribution in [2.45, 2.75) is 33.1 Å². The SMILES string of the molecule is CC(C)CN=C(N)NCCCC(=O)N1CCc2ccccc21. The zero-order chi connectivity index (χ0) is 15.9. The van der Waals surface area contributed by atoms with E-state index in [0.717, 1.165) is 31.6 Å².